The van der Waals surface area contributed by atoms with Crippen LogP contribution in [0.25, 0.3) is 0 Å². The second-order valence-corrected chi connectivity index (χ2v) is 5.01. The number of hydrogen-bond acceptors (Lipinski definition) is 2. The maximum atomic E-state index is 11.8. The first-order chi connectivity index (χ1) is 8.90. The smallest absolute Gasteiger partial charge is 0.326 e. The highest BCUT2D eigenvalue weighted by molar-refractivity contribution is 5.84. The molecule has 19 heavy (non-hydrogen) atoms. The van der Waals surface area contributed by atoms with E-state index in [0.29, 0.717) is 6.54 Å². The predicted molar refractivity (Wildman–Crippen MR) is 71.0 cm³/mol. The first-order valence-corrected chi connectivity index (χ1v) is 6.27. The third kappa shape index (κ3) is 2.54. The number of carboxylic acid groups (broad SMARTS) is 1. The Balaban J connectivity index is 2.18. The summed E-state index contributed by atoms with van der Waals surface area (Å²) in [5.74, 6) is -0.990. The number of aryl methyl sites for hydroxylation is 2. The van der Waals surface area contributed by atoms with Gasteiger partial charge in [-0.3, -0.25) is 0 Å². The van der Waals surface area contributed by atoms with Crippen molar-refractivity contribution in [1.29, 1.82) is 0 Å². The Bertz CT molecular complexity index is 527. The Kier molecular flexibility index (Phi) is 3.46. The molecule has 0 radical (unpaired) electrons. The van der Waals surface area contributed by atoms with Crippen LogP contribution in [0.1, 0.15) is 29.7 Å². The summed E-state index contributed by atoms with van der Waals surface area (Å²) in [7, 11) is 0. The number of nitrogens with one attached hydrogen (secondary N) is 1. The lowest BCUT2D eigenvalue weighted by Gasteiger charge is -2.19. The number of aliphatic carboxylic acids is 1. The van der Waals surface area contributed by atoms with Gasteiger partial charge in [0.1, 0.15) is 6.04 Å². The maximum Gasteiger partial charge on any atom is 0.326 e. The van der Waals surface area contributed by atoms with E-state index in [0.717, 1.165) is 11.1 Å². The summed E-state index contributed by atoms with van der Waals surface area (Å²) in [5, 5.41) is 11.8. The van der Waals surface area contributed by atoms with E-state index in [2.05, 4.69) is 5.32 Å². The van der Waals surface area contributed by atoms with Crippen LogP contribution in [0.15, 0.2) is 18.2 Å². The van der Waals surface area contributed by atoms with Gasteiger partial charge in [0.05, 0.1) is 6.04 Å². The van der Waals surface area contributed by atoms with E-state index in [1.807, 2.05) is 32.0 Å². The number of carbonyl (C=O) groups excluding carboxylic acids is 1. The van der Waals surface area contributed by atoms with Gasteiger partial charge in [0, 0.05) is 6.54 Å². The molecule has 1 fully saturated rings. The van der Waals surface area contributed by atoms with E-state index in [1.54, 1.807) is 0 Å². The van der Waals surface area contributed by atoms with E-state index >= 15 is 0 Å². The monoisotopic (exact) mass is 262 g/mol. The number of hydrogen-bond donors (Lipinski definition) is 2. The molecule has 0 aliphatic carbocycles. The highest BCUT2D eigenvalue weighted by Gasteiger charge is 2.35. The molecule has 1 aromatic rings. The van der Waals surface area contributed by atoms with E-state index in [-0.39, 0.29) is 12.1 Å². The Morgan fingerprint density at radius 1 is 1.42 bits per heavy atom. The molecule has 1 aliphatic heterocycles. The number of amides is 2. The number of carboxylic acids is 1. The van der Waals surface area contributed by atoms with Crippen LogP contribution in [0.4, 0.5) is 4.79 Å². The molecule has 1 heterocycles. The van der Waals surface area contributed by atoms with Crippen LogP contribution in [0.3, 0.4) is 0 Å². The van der Waals surface area contributed by atoms with Crippen LogP contribution in [-0.4, -0.2) is 34.6 Å². The van der Waals surface area contributed by atoms with Crippen molar-refractivity contribution in [1.82, 2.24) is 10.2 Å². The fourth-order valence-electron chi connectivity index (χ4n) is 2.19. The fraction of sp³-hybridized carbons (Fsp3) is 0.429. The van der Waals surface area contributed by atoms with Gasteiger partial charge in [-0.15, -0.1) is 0 Å². The first kappa shape index (κ1) is 13.4. The topological polar surface area (TPSA) is 69.6 Å². The molecule has 2 N–H and O–H groups in total. The predicted octanol–water partition coefficient (Wildman–Crippen LogP) is 1.84. The van der Waals surface area contributed by atoms with Crippen LogP contribution < -0.4 is 5.32 Å². The van der Waals surface area contributed by atoms with Crippen molar-refractivity contribution in [2.75, 3.05) is 6.54 Å². The Morgan fingerprint density at radius 2 is 2.11 bits per heavy atom. The lowest BCUT2D eigenvalue weighted by Crippen LogP contribution is -2.40. The lowest BCUT2D eigenvalue weighted by atomic mass is 10.0. The molecular formula is C14H18N2O3. The molecule has 2 atom stereocenters. The number of benzene rings is 1. The molecule has 0 spiro atoms. The van der Waals surface area contributed by atoms with Crippen LogP contribution in [0.5, 0.6) is 0 Å². The molecule has 1 aromatic carbocycles. The first-order valence-electron chi connectivity index (χ1n) is 6.27. The summed E-state index contributed by atoms with van der Waals surface area (Å²) in [4.78, 5) is 24.1. The minimum Gasteiger partial charge on any atom is -0.480 e. The van der Waals surface area contributed by atoms with Crippen molar-refractivity contribution < 1.29 is 14.7 Å². The van der Waals surface area contributed by atoms with Gasteiger partial charge in [-0.2, -0.15) is 0 Å². The summed E-state index contributed by atoms with van der Waals surface area (Å²) >= 11 is 0. The van der Waals surface area contributed by atoms with Gasteiger partial charge < -0.3 is 15.3 Å². The zero-order chi connectivity index (χ0) is 14.2. The highest BCUT2D eigenvalue weighted by atomic mass is 16.4. The fourth-order valence-corrected chi connectivity index (χ4v) is 2.19. The Hall–Kier alpha value is -2.04. The van der Waals surface area contributed by atoms with Crippen molar-refractivity contribution >= 4 is 12.0 Å². The number of nitrogens with zero attached hydrogens (tertiary/aromatic N) is 1. The van der Waals surface area contributed by atoms with Gasteiger partial charge in [-0.1, -0.05) is 18.2 Å². The standard InChI is InChI=1S/C14H18N2O3/c1-8-4-5-11(6-9(8)2)12-7-16(14(19)15-12)10(3)13(17)18/h4-6,10,12H,7H2,1-3H3,(H,15,19)(H,17,18). The molecule has 0 saturated carbocycles. The molecule has 2 rings (SSSR count). The normalized spacial score (nSPS) is 20.3. The van der Waals surface area contributed by atoms with Crippen molar-refractivity contribution in [2.24, 2.45) is 0 Å². The zero-order valence-electron chi connectivity index (χ0n) is 11.3. The van der Waals surface area contributed by atoms with Gasteiger partial charge in [0.15, 0.2) is 0 Å². The van der Waals surface area contributed by atoms with Gasteiger partial charge in [0.25, 0.3) is 0 Å². The summed E-state index contributed by atoms with van der Waals surface area (Å²) < 4.78 is 0. The average Bonchev–Trinajstić information content (AvgIpc) is 2.73. The van der Waals surface area contributed by atoms with E-state index in [4.69, 9.17) is 5.11 Å². The Labute approximate surface area is 112 Å². The number of urea groups is 1. The summed E-state index contributed by atoms with van der Waals surface area (Å²) in [5.41, 5.74) is 3.37. The second kappa shape index (κ2) is 4.91. The molecule has 1 aliphatic rings. The molecule has 102 valence electrons. The van der Waals surface area contributed by atoms with Crippen LogP contribution in [-0.2, 0) is 4.79 Å². The molecule has 5 nitrogen and oxygen atoms in total. The molecule has 0 bridgehead atoms. The SMILES string of the molecule is Cc1ccc(C2CN(C(C)C(=O)O)C(=O)N2)cc1C. The molecule has 0 aromatic heterocycles. The summed E-state index contributed by atoms with van der Waals surface area (Å²) in [6.45, 7) is 5.96. The van der Waals surface area contributed by atoms with Crippen LogP contribution >= 0.6 is 0 Å². The van der Waals surface area contributed by atoms with Crippen molar-refractivity contribution in [3.63, 3.8) is 0 Å². The quantitative estimate of drug-likeness (QED) is 0.873. The molecule has 5 heteroatoms. The summed E-state index contributed by atoms with van der Waals surface area (Å²) in [6, 6.07) is 4.75. The Morgan fingerprint density at radius 3 is 2.68 bits per heavy atom. The van der Waals surface area contributed by atoms with Crippen molar-refractivity contribution in [3.05, 3.63) is 34.9 Å². The third-order valence-corrected chi connectivity index (χ3v) is 3.70. The molecular weight excluding hydrogens is 244 g/mol. The minimum atomic E-state index is -0.990. The van der Waals surface area contributed by atoms with Crippen molar-refractivity contribution in [3.8, 4) is 0 Å². The van der Waals surface area contributed by atoms with Gasteiger partial charge in [-0.05, 0) is 37.5 Å². The zero-order valence-corrected chi connectivity index (χ0v) is 11.3. The second-order valence-electron chi connectivity index (χ2n) is 5.01. The third-order valence-electron chi connectivity index (χ3n) is 3.70. The molecule has 2 amide bonds. The summed E-state index contributed by atoms with van der Waals surface area (Å²) in [6.07, 6.45) is 0. The van der Waals surface area contributed by atoms with E-state index in [1.165, 1.54) is 17.4 Å². The van der Waals surface area contributed by atoms with E-state index in [9.17, 15) is 9.59 Å². The van der Waals surface area contributed by atoms with Crippen molar-refractivity contribution in [2.45, 2.75) is 32.9 Å². The highest BCUT2D eigenvalue weighted by Crippen LogP contribution is 2.23. The van der Waals surface area contributed by atoms with Gasteiger partial charge in [-0.25, -0.2) is 9.59 Å². The van der Waals surface area contributed by atoms with Crippen LogP contribution in [0.2, 0.25) is 0 Å². The number of rotatable bonds is 3. The van der Waals surface area contributed by atoms with E-state index < -0.39 is 12.0 Å². The van der Waals surface area contributed by atoms with Gasteiger partial charge in [0.2, 0.25) is 0 Å². The van der Waals surface area contributed by atoms with Crippen LogP contribution in [0, 0.1) is 13.8 Å². The lowest BCUT2D eigenvalue weighted by molar-refractivity contribution is -0.141. The maximum absolute atomic E-state index is 11.8. The molecule has 1 saturated heterocycles. The minimum absolute atomic E-state index is 0.145. The molecule has 2 unspecified atom stereocenters. The largest absolute Gasteiger partial charge is 0.480 e. The van der Waals surface area contributed by atoms with Gasteiger partial charge >= 0.3 is 12.0 Å². The average molecular weight is 262 g/mol. The number of carbonyl (C=O) groups is 2.